The molecule has 0 spiro atoms. The van der Waals surface area contributed by atoms with Crippen molar-refractivity contribution in [3.8, 4) is 0 Å². The molecule has 0 saturated heterocycles. The largest absolute Gasteiger partial charge is 0.478 e. The highest BCUT2D eigenvalue weighted by atomic mass is 35.5. The summed E-state index contributed by atoms with van der Waals surface area (Å²) in [7, 11) is 0. The maximum Gasteiger partial charge on any atom is 0.337 e. The number of hydrogen-bond donors (Lipinski definition) is 2. The van der Waals surface area contributed by atoms with Crippen LogP contribution < -0.4 is 5.56 Å². The molecule has 0 aliphatic carbocycles. The Bertz CT molecular complexity index is 565. The summed E-state index contributed by atoms with van der Waals surface area (Å²) >= 11 is 0. The molecule has 78 valence electrons. The standard InChI is InChI=1S/C9H6N2O3.ClH/c12-8-6-3-10-4-7(9(13)14)5(6)1-2-11-8;/h1-4H,(H,11,12)(H,13,14);1H. The number of nitrogens with zero attached hydrogens (tertiary/aromatic N) is 1. The fourth-order valence-corrected chi connectivity index (χ4v) is 1.28. The number of rotatable bonds is 1. The molecule has 15 heavy (non-hydrogen) atoms. The van der Waals surface area contributed by atoms with Crippen LogP contribution in [0.25, 0.3) is 10.8 Å². The van der Waals surface area contributed by atoms with Crippen molar-refractivity contribution >= 4 is 29.1 Å². The Morgan fingerprint density at radius 2 is 2.07 bits per heavy atom. The first-order valence-corrected chi connectivity index (χ1v) is 3.89. The SMILES string of the molecule is Cl.O=C(O)c1cncc2c(=O)[nH]ccc12. The summed E-state index contributed by atoms with van der Waals surface area (Å²) in [5, 5.41) is 9.51. The molecule has 0 fully saturated rings. The highest BCUT2D eigenvalue weighted by molar-refractivity contribution is 6.02. The van der Waals surface area contributed by atoms with E-state index in [1.165, 1.54) is 18.6 Å². The van der Waals surface area contributed by atoms with Gasteiger partial charge in [-0.25, -0.2) is 4.79 Å². The van der Waals surface area contributed by atoms with E-state index in [2.05, 4.69) is 9.97 Å². The third-order valence-corrected chi connectivity index (χ3v) is 1.93. The Morgan fingerprint density at radius 3 is 2.73 bits per heavy atom. The van der Waals surface area contributed by atoms with Crippen molar-refractivity contribution in [2.24, 2.45) is 0 Å². The van der Waals surface area contributed by atoms with Gasteiger partial charge >= 0.3 is 5.97 Å². The summed E-state index contributed by atoms with van der Waals surface area (Å²) in [4.78, 5) is 28.2. The molecule has 2 aromatic rings. The maximum atomic E-state index is 11.3. The van der Waals surface area contributed by atoms with Gasteiger partial charge in [-0.3, -0.25) is 9.78 Å². The number of carbonyl (C=O) groups is 1. The smallest absolute Gasteiger partial charge is 0.337 e. The number of halogens is 1. The minimum absolute atomic E-state index is 0. The quantitative estimate of drug-likeness (QED) is 0.761. The zero-order valence-electron chi connectivity index (χ0n) is 7.43. The van der Waals surface area contributed by atoms with Crippen LogP contribution in [0.5, 0.6) is 0 Å². The lowest BCUT2D eigenvalue weighted by Crippen LogP contribution is -2.08. The van der Waals surface area contributed by atoms with E-state index in [0.717, 1.165) is 0 Å². The van der Waals surface area contributed by atoms with Gasteiger partial charge in [-0.05, 0) is 6.07 Å². The van der Waals surface area contributed by atoms with E-state index >= 15 is 0 Å². The number of hydrogen-bond acceptors (Lipinski definition) is 3. The molecule has 0 aromatic carbocycles. The van der Waals surface area contributed by atoms with Crippen LogP contribution in [0.2, 0.25) is 0 Å². The molecule has 2 rings (SSSR count). The van der Waals surface area contributed by atoms with Gasteiger partial charge in [-0.1, -0.05) is 0 Å². The lowest BCUT2D eigenvalue weighted by Gasteiger charge is -1.99. The van der Waals surface area contributed by atoms with E-state index in [9.17, 15) is 9.59 Å². The van der Waals surface area contributed by atoms with E-state index in [-0.39, 0.29) is 28.9 Å². The molecule has 0 bridgehead atoms. The molecule has 6 heteroatoms. The van der Waals surface area contributed by atoms with Crippen molar-refractivity contribution in [1.82, 2.24) is 9.97 Å². The average molecular weight is 227 g/mol. The molecule has 0 unspecified atom stereocenters. The van der Waals surface area contributed by atoms with Crippen LogP contribution in [-0.2, 0) is 0 Å². The molecule has 0 amide bonds. The van der Waals surface area contributed by atoms with Crippen LogP contribution >= 0.6 is 12.4 Å². The van der Waals surface area contributed by atoms with Gasteiger partial charge in [-0.15, -0.1) is 12.4 Å². The fraction of sp³-hybridized carbons (Fsp3) is 0. The topological polar surface area (TPSA) is 83.0 Å². The fourth-order valence-electron chi connectivity index (χ4n) is 1.28. The summed E-state index contributed by atoms with van der Waals surface area (Å²) in [6.07, 6.45) is 3.99. The van der Waals surface area contributed by atoms with Gasteiger partial charge in [0.05, 0.1) is 10.9 Å². The number of aromatic nitrogens is 2. The number of H-pyrrole nitrogens is 1. The lowest BCUT2D eigenvalue weighted by molar-refractivity contribution is 0.0698. The van der Waals surface area contributed by atoms with Crippen LogP contribution in [0.1, 0.15) is 10.4 Å². The Morgan fingerprint density at radius 1 is 1.33 bits per heavy atom. The lowest BCUT2D eigenvalue weighted by atomic mass is 10.1. The molecule has 2 N–H and O–H groups in total. The van der Waals surface area contributed by atoms with Crippen molar-refractivity contribution in [1.29, 1.82) is 0 Å². The second kappa shape index (κ2) is 4.10. The molecule has 5 nitrogen and oxygen atoms in total. The van der Waals surface area contributed by atoms with Gasteiger partial charge < -0.3 is 10.1 Å². The van der Waals surface area contributed by atoms with Gasteiger partial charge in [0.25, 0.3) is 5.56 Å². The van der Waals surface area contributed by atoms with E-state index in [1.807, 2.05) is 0 Å². The van der Waals surface area contributed by atoms with Crippen LogP contribution in [0, 0.1) is 0 Å². The molecule has 0 aliphatic rings. The normalized spacial score (nSPS) is 9.60. The molecule has 0 atom stereocenters. The number of aromatic carboxylic acids is 1. The third kappa shape index (κ3) is 1.82. The number of fused-ring (bicyclic) bond motifs is 1. The molecule has 2 aromatic heterocycles. The van der Waals surface area contributed by atoms with Crippen molar-refractivity contribution in [3.05, 3.63) is 40.6 Å². The van der Waals surface area contributed by atoms with Gasteiger partial charge in [-0.2, -0.15) is 0 Å². The van der Waals surface area contributed by atoms with Crippen molar-refractivity contribution in [3.63, 3.8) is 0 Å². The average Bonchev–Trinajstić information content (AvgIpc) is 2.17. The summed E-state index contributed by atoms with van der Waals surface area (Å²) in [5.74, 6) is -1.09. The Kier molecular flexibility index (Phi) is 3.06. The van der Waals surface area contributed by atoms with Gasteiger partial charge in [0.2, 0.25) is 0 Å². The Balaban J connectivity index is 0.00000112. The molecular weight excluding hydrogens is 220 g/mol. The van der Waals surface area contributed by atoms with Crippen molar-refractivity contribution < 1.29 is 9.90 Å². The van der Waals surface area contributed by atoms with E-state index in [4.69, 9.17) is 5.11 Å². The molecule has 2 heterocycles. The van der Waals surface area contributed by atoms with Crippen LogP contribution in [0.3, 0.4) is 0 Å². The number of carboxylic acid groups (broad SMARTS) is 1. The second-order valence-corrected chi connectivity index (χ2v) is 2.76. The number of aromatic amines is 1. The highest BCUT2D eigenvalue weighted by Gasteiger charge is 2.09. The Labute approximate surface area is 90.2 Å². The minimum Gasteiger partial charge on any atom is -0.478 e. The van der Waals surface area contributed by atoms with Gasteiger partial charge in [0.1, 0.15) is 0 Å². The van der Waals surface area contributed by atoms with Gasteiger partial charge in [0, 0.05) is 24.0 Å². The third-order valence-electron chi connectivity index (χ3n) is 1.93. The van der Waals surface area contributed by atoms with E-state index in [1.54, 1.807) is 6.07 Å². The first kappa shape index (κ1) is 11.2. The molecule has 0 radical (unpaired) electrons. The van der Waals surface area contributed by atoms with Crippen molar-refractivity contribution in [2.75, 3.05) is 0 Å². The van der Waals surface area contributed by atoms with Crippen LogP contribution in [0.4, 0.5) is 0 Å². The first-order valence-electron chi connectivity index (χ1n) is 3.89. The summed E-state index contributed by atoms with van der Waals surface area (Å²) in [5.41, 5.74) is -0.299. The molecular formula is C9H7ClN2O3. The first-order chi connectivity index (χ1) is 6.70. The number of nitrogens with one attached hydrogen (secondary N) is 1. The predicted octanol–water partition coefficient (Wildman–Crippen LogP) is 1.04. The number of pyridine rings is 2. The summed E-state index contributed by atoms with van der Waals surface area (Å²) in [6, 6.07) is 1.54. The van der Waals surface area contributed by atoms with Crippen LogP contribution in [0.15, 0.2) is 29.5 Å². The predicted molar refractivity (Wildman–Crippen MR) is 56.6 cm³/mol. The second-order valence-electron chi connectivity index (χ2n) is 2.76. The maximum absolute atomic E-state index is 11.3. The van der Waals surface area contributed by atoms with Crippen molar-refractivity contribution in [2.45, 2.75) is 0 Å². The highest BCUT2D eigenvalue weighted by Crippen LogP contribution is 2.12. The minimum atomic E-state index is -1.09. The molecule has 0 aliphatic heterocycles. The van der Waals surface area contributed by atoms with E-state index < -0.39 is 5.97 Å². The van der Waals surface area contributed by atoms with Crippen LogP contribution in [-0.4, -0.2) is 21.0 Å². The number of carboxylic acids is 1. The summed E-state index contributed by atoms with van der Waals surface area (Å²) in [6.45, 7) is 0. The Hall–Kier alpha value is -1.88. The molecule has 0 saturated carbocycles. The summed E-state index contributed by atoms with van der Waals surface area (Å²) < 4.78 is 0. The zero-order chi connectivity index (χ0) is 10.1. The van der Waals surface area contributed by atoms with Gasteiger partial charge in [0.15, 0.2) is 0 Å². The zero-order valence-corrected chi connectivity index (χ0v) is 8.25. The monoisotopic (exact) mass is 226 g/mol. The van der Waals surface area contributed by atoms with E-state index in [0.29, 0.717) is 5.39 Å².